The molecule has 2 N–H and O–H groups in total. The number of carbonyl (C=O) groups is 4. The van der Waals surface area contributed by atoms with Crippen LogP contribution in [0.3, 0.4) is 0 Å². The van der Waals surface area contributed by atoms with Gasteiger partial charge in [-0.2, -0.15) is 0 Å². The van der Waals surface area contributed by atoms with Gasteiger partial charge in [-0.3, -0.25) is 19.3 Å². The molecular formula is C25H26N4O4. The van der Waals surface area contributed by atoms with Crippen LogP contribution >= 0.6 is 0 Å². The number of anilines is 2. The second-order valence-corrected chi connectivity index (χ2v) is 9.03. The largest absolute Gasteiger partial charge is 0.325 e. The summed E-state index contributed by atoms with van der Waals surface area (Å²) in [6.07, 6.45) is 4.42. The summed E-state index contributed by atoms with van der Waals surface area (Å²) in [4.78, 5) is 53.2. The number of hydrogen-bond acceptors (Lipinski definition) is 4. The zero-order valence-electron chi connectivity index (χ0n) is 18.5. The lowest BCUT2D eigenvalue weighted by atomic mass is 9.89. The van der Waals surface area contributed by atoms with Crippen LogP contribution in [-0.2, 0) is 32.8 Å². The zero-order valence-corrected chi connectivity index (χ0v) is 18.5. The third-order valence-corrected chi connectivity index (χ3v) is 6.77. The van der Waals surface area contributed by atoms with Crippen LogP contribution in [0.25, 0.3) is 0 Å². The number of imide groups is 1. The summed E-state index contributed by atoms with van der Waals surface area (Å²) in [6.45, 7) is 1.94. The third kappa shape index (κ3) is 3.75. The maximum Gasteiger partial charge on any atom is 0.325 e. The molecule has 2 aliphatic heterocycles. The SMILES string of the molecule is C[C@@]1(c2ccc3c(c2)CCC3)NC(=O)N(CC(=O)Nc2cccc(N3CCCC3=O)c2)C1=O. The number of aryl methyl sites for hydroxylation is 2. The second kappa shape index (κ2) is 8.03. The second-order valence-electron chi connectivity index (χ2n) is 9.03. The Balaban J connectivity index is 1.29. The van der Waals surface area contributed by atoms with Gasteiger partial charge in [0.2, 0.25) is 11.8 Å². The molecule has 33 heavy (non-hydrogen) atoms. The highest BCUT2D eigenvalue weighted by Gasteiger charge is 2.49. The van der Waals surface area contributed by atoms with Crippen LogP contribution in [0.15, 0.2) is 42.5 Å². The first-order valence-electron chi connectivity index (χ1n) is 11.3. The van der Waals surface area contributed by atoms with Crippen molar-refractivity contribution in [2.45, 2.75) is 44.6 Å². The Morgan fingerprint density at radius 3 is 2.64 bits per heavy atom. The molecule has 0 spiro atoms. The normalized spacial score (nSPS) is 22.0. The van der Waals surface area contributed by atoms with Crippen molar-refractivity contribution in [1.82, 2.24) is 10.2 Å². The molecule has 5 amide bonds. The number of carbonyl (C=O) groups excluding carboxylic acids is 4. The molecule has 2 heterocycles. The zero-order chi connectivity index (χ0) is 23.2. The molecule has 170 valence electrons. The summed E-state index contributed by atoms with van der Waals surface area (Å²) in [6, 6.07) is 12.3. The van der Waals surface area contributed by atoms with Crippen LogP contribution < -0.4 is 15.5 Å². The third-order valence-electron chi connectivity index (χ3n) is 6.77. The fourth-order valence-corrected chi connectivity index (χ4v) is 4.94. The van der Waals surface area contributed by atoms with Crippen LogP contribution in [0.4, 0.5) is 16.2 Å². The van der Waals surface area contributed by atoms with E-state index in [4.69, 9.17) is 0 Å². The minimum Gasteiger partial charge on any atom is -0.324 e. The van der Waals surface area contributed by atoms with E-state index in [1.807, 2.05) is 24.3 Å². The van der Waals surface area contributed by atoms with Crippen molar-refractivity contribution < 1.29 is 19.2 Å². The van der Waals surface area contributed by atoms with E-state index in [9.17, 15) is 19.2 Å². The van der Waals surface area contributed by atoms with E-state index in [-0.39, 0.29) is 5.91 Å². The minimum absolute atomic E-state index is 0.0589. The molecule has 8 nitrogen and oxygen atoms in total. The van der Waals surface area contributed by atoms with Gasteiger partial charge in [-0.25, -0.2) is 4.79 Å². The number of urea groups is 1. The van der Waals surface area contributed by atoms with Crippen molar-refractivity contribution in [3.63, 3.8) is 0 Å². The lowest BCUT2D eigenvalue weighted by molar-refractivity contribution is -0.133. The predicted octanol–water partition coefficient (Wildman–Crippen LogP) is 2.71. The number of benzene rings is 2. The van der Waals surface area contributed by atoms with Gasteiger partial charge in [0.15, 0.2) is 0 Å². The summed E-state index contributed by atoms with van der Waals surface area (Å²) in [7, 11) is 0. The monoisotopic (exact) mass is 446 g/mol. The van der Waals surface area contributed by atoms with Crippen molar-refractivity contribution in [3.05, 3.63) is 59.2 Å². The van der Waals surface area contributed by atoms with Gasteiger partial charge in [0.1, 0.15) is 12.1 Å². The maximum absolute atomic E-state index is 13.2. The molecule has 1 atom stereocenters. The number of nitrogens with zero attached hydrogens (tertiary/aromatic N) is 2. The Morgan fingerprint density at radius 1 is 1.03 bits per heavy atom. The first kappa shape index (κ1) is 21.2. The van der Waals surface area contributed by atoms with Gasteiger partial charge in [-0.1, -0.05) is 24.3 Å². The Kier molecular flexibility index (Phi) is 5.15. The standard InChI is InChI=1S/C25H26N4O4/c1-25(18-11-10-16-5-2-6-17(16)13-18)23(32)29(24(33)27-25)15-21(30)26-19-7-3-8-20(14-19)28-12-4-9-22(28)31/h3,7-8,10-11,13-14H,2,4-6,9,12,15H2,1H3,(H,26,30)(H,27,33)/t25-/m0/s1. The predicted molar refractivity (Wildman–Crippen MR) is 123 cm³/mol. The van der Waals surface area contributed by atoms with Crippen LogP contribution in [0.2, 0.25) is 0 Å². The van der Waals surface area contributed by atoms with Gasteiger partial charge < -0.3 is 15.5 Å². The highest BCUT2D eigenvalue weighted by molar-refractivity contribution is 6.10. The quantitative estimate of drug-likeness (QED) is 0.690. The Morgan fingerprint density at radius 2 is 1.85 bits per heavy atom. The molecule has 1 aliphatic carbocycles. The Hall–Kier alpha value is -3.68. The number of fused-ring (bicyclic) bond motifs is 1. The van der Waals surface area contributed by atoms with Gasteiger partial charge >= 0.3 is 6.03 Å². The van der Waals surface area contributed by atoms with Crippen molar-refractivity contribution in [2.75, 3.05) is 23.3 Å². The summed E-state index contributed by atoms with van der Waals surface area (Å²) in [5.41, 5.74) is 3.24. The Bertz CT molecular complexity index is 1180. The van der Waals surface area contributed by atoms with Crippen LogP contribution in [-0.4, -0.2) is 41.7 Å². The van der Waals surface area contributed by atoms with Crippen molar-refractivity contribution >= 4 is 35.1 Å². The van der Waals surface area contributed by atoms with Crippen LogP contribution in [0, 0.1) is 0 Å². The molecule has 0 radical (unpaired) electrons. The lowest BCUT2D eigenvalue weighted by Crippen LogP contribution is -2.42. The number of nitrogens with one attached hydrogen (secondary N) is 2. The van der Waals surface area contributed by atoms with E-state index < -0.39 is 29.9 Å². The topological polar surface area (TPSA) is 98.8 Å². The first-order valence-corrected chi connectivity index (χ1v) is 11.3. The summed E-state index contributed by atoms with van der Waals surface area (Å²) in [5.74, 6) is -0.873. The highest BCUT2D eigenvalue weighted by atomic mass is 16.2. The molecule has 2 aromatic carbocycles. The summed E-state index contributed by atoms with van der Waals surface area (Å²) >= 11 is 0. The fourth-order valence-electron chi connectivity index (χ4n) is 4.94. The Labute approximate surface area is 191 Å². The molecular weight excluding hydrogens is 420 g/mol. The van der Waals surface area contributed by atoms with E-state index in [2.05, 4.69) is 10.6 Å². The molecule has 3 aliphatic rings. The van der Waals surface area contributed by atoms with E-state index in [1.54, 1.807) is 30.0 Å². The molecule has 0 aromatic heterocycles. The van der Waals surface area contributed by atoms with Crippen molar-refractivity contribution in [1.29, 1.82) is 0 Å². The number of hydrogen-bond donors (Lipinski definition) is 2. The van der Waals surface area contributed by atoms with Crippen LogP contribution in [0.5, 0.6) is 0 Å². The number of amides is 5. The summed E-state index contributed by atoms with van der Waals surface area (Å²) in [5, 5.41) is 5.51. The van der Waals surface area contributed by atoms with Gasteiger partial charge in [0, 0.05) is 24.3 Å². The molecule has 5 rings (SSSR count). The average Bonchev–Trinajstić information content (AvgIpc) is 3.49. The molecule has 0 saturated carbocycles. The highest BCUT2D eigenvalue weighted by Crippen LogP contribution is 2.32. The van der Waals surface area contributed by atoms with Crippen molar-refractivity contribution in [2.24, 2.45) is 0 Å². The fraction of sp³-hybridized carbons (Fsp3) is 0.360. The molecule has 8 heteroatoms. The average molecular weight is 447 g/mol. The van der Waals surface area contributed by atoms with Gasteiger partial charge in [0.25, 0.3) is 5.91 Å². The molecule has 2 aromatic rings. The molecule has 2 saturated heterocycles. The smallest absolute Gasteiger partial charge is 0.324 e. The summed E-state index contributed by atoms with van der Waals surface area (Å²) < 4.78 is 0. The molecule has 0 bridgehead atoms. The van der Waals surface area contributed by atoms with E-state index >= 15 is 0 Å². The minimum atomic E-state index is -1.20. The molecule has 2 fully saturated rings. The lowest BCUT2D eigenvalue weighted by Gasteiger charge is -2.23. The molecule has 0 unspecified atom stereocenters. The first-order chi connectivity index (χ1) is 15.8. The van der Waals surface area contributed by atoms with Gasteiger partial charge in [0.05, 0.1) is 0 Å². The van der Waals surface area contributed by atoms with E-state index in [1.165, 1.54) is 11.1 Å². The number of rotatable bonds is 5. The maximum atomic E-state index is 13.2. The van der Waals surface area contributed by atoms with Crippen LogP contribution in [0.1, 0.15) is 42.9 Å². The van der Waals surface area contributed by atoms with E-state index in [0.717, 1.165) is 41.8 Å². The van der Waals surface area contributed by atoms with Gasteiger partial charge in [-0.15, -0.1) is 0 Å². The van der Waals surface area contributed by atoms with E-state index in [0.29, 0.717) is 18.7 Å². The van der Waals surface area contributed by atoms with Crippen molar-refractivity contribution in [3.8, 4) is 0 Å². The van der Waals surface area contributed by atoms with Gasteiger partial charge in [-0.05, 0) is 67.5 Å².